The number of hydrogen-bond donors (Lipinski definition) is 2. The number of carboxylic acids is 1. The van der Waals surface area contributed by atoms with Gasteiger partial charge in [0.05, 0.1) is 5.56 Å². The maximum absolute atomic E-state index is 13.7. The first kappa shape index (κ1) is 18.5. The average molecular weight is 365 g/mol. The van der Waals surface area contributed by atoms with Gasteiger partial charge < -0.3 is 15.2 Å². The number of anilines is 1. The quantitative estimate of drug-likeness (QED) is 0.617. The third kappa shape index (κ3) is 4.85. The van der Waals surface area contributed by atoms with E-state index in [9.17, 15) is 9.18 Å². The summed E-state index contributed by atoms with van der Waals surface area (Å²) in [6.45, 7) is 2.59. The monoisotopic (exact) mass is 365 g/mol. The summed E-state index contributed by atoms with van der Waals surface area (Å²) in [5, 5.41) is 12.4. The second kappa shape index (κ2) is 8.36. The maximum atomic E-state index is 13.7. The molecule has 27 heavy (non-hydrogen) atoms. The predicted molar refractivity (Wildman–Crippen MR) is 103 cm³/mol. The van der Waals surface area contributed by atoms with Gasteiger partial charge in [0.25, 0.3) is 0 Å². The Morgan fingerprint density at radius 1 is 1.07 bits per heavy atom. The summed E-state index contributed by atoms with van der Waals surface area (Å²) >= 11 is 0. The molecule has 2 N–H and O–H groups in total. The van der Waals surface area contributed by atoms with E-state index in [1.54, 1.807) is 36.4 Å². The number of rotatable bonds is 7. The van der Waals surface area contributed by atoms with Gasteiger partial charge in [-0.2, -0.15) is 0 Å². The lowest BCUT2D eigenvalue weighted by molar-refractivity contribution is 0.0697. The van der Waals surface area contributed by atoms with Gasteiger partial charge in [0, 0.05) is 17.8 Å². The van der Waals surface area contributed by atoms with E-state index >= 15 is 0 Å². The predicted octanol–water partition coefficient (Wildman–Crippen LogP) is 5.02. The lowest BCUT2D eigenvalue weighted by Crippen LogP contribution is -2.04. The Balaban J connectivity index is 1.65. The van der Waals surface area contributed by atoms with Crippen LogP contribution in [0, 0.1) is 12.7 Å². The van der Waals surface area contributed by atoms with Gasteiger partial charge in [-0.15, -0.1) is 0 Å². The van der Waals surface area contributed by atoms with E-state index in [0.29, 0.717) is 17.9 Å². The van der Waals surface area contributed by atoms with Crippen molar-refractivity contribution in [3.8, 4) is 5.75 Å². The van der Waals surface area contributed by atoms with Crippen LogP contribution in [0.5, 0.6) is 5.75 Å². The zero-order valence-electron chi connectivity index (χ0n) is 14.9. The maximum Gasteiger partial charge on any atom is 0.335 e. The number of hydrogen-bond acceptors (Lipinski definition) is 3. The molecule has 0 unspecified atom stereocenters. The van der Waals surface area contributed by atoms with Crippen molar-refractivity contribution in [1.82, 2.24) is 0 Å². The molecule has 3 aromatic rings. The van der Waals surface area contributed by atoms with E-state index < -0.39 is 5.97 Å². The number of aryl methyl sites for hydroxylation is 1. The highest BCUT2D eigenvalue weighted by molar-refractivity contribution is 5.89. The van der Waals surface area contributed by atoms with Gasteiger partial charge in [0.15, 0.2) is 0 Å². The summed E-state index contributed by atoms with van der Waals surface area (Å²) in [5.74, 6) is -0.598. The highest BCUT2D eigenvalue weighted by atomic mass is 19.1. The Morgan fingerprint density at radius 3 is 2.67 bits per heavy atom. The Labute approximate surface area is 157 Å². The second-order valence-electron chi connectivity index (χ2n) is 6.22. The third-order valence-corrected chi connectivity index (χ3v) is 4.22. The van der Waals surface area contributed by atoms with Gasteiger partial charge in [0.2, 0.25) is 0 Å². The number of halogens is 1. The van der Waals surface area contributed by atoms with E-state index in [-0.39, 0.29) is 18.0 Å². The largest absolute Gasteiger partial charge is 0.489 e. The molecule has 0 fully saturated rings. The van der Waals surface area contributed by atoms with Crippen LogP contribution in [0.15, 0.2) is 66.7 Å². The minimum absolute atomic E-state index is 0.156. The van der Waals surface area contributed by atoms with Crippen LogP contribution in [-0.4, -0.2) is 11.1 Å². The van der Waals surface area contributed by atoms with Crippen LogP contribution < -0.4 is 10.1 Å². The summed E-state index contributed by atoms with van der Waals surface area (Å²) in [6, 6.07) is 19.0. The minimum Gasteiger partial charge on any atom is -0.489 e. The number of carboxylic acid groups (broad SMARTS) is 1. The minimum atomic E-state index is -0.957. The number of ether oxygens (including phenoxy) is 1. The van der Waals surface area contributed by atoms with Gasteiger partial charge in [0.1, 0.15) is 18.2 Å². The van der Waals surface area contributed by atoms with Gasteiger partial charge in [-0.05, 0) is 48.4 Å². The molecule has 0 heterocycles. The fourth-order valence-electron chi connectivity index (χ4n) is 2.66. The van der Waals surface area contributed by atoms with E-state index in [2.05, 4.69) is 5.32 Å². The average Bonchev–Trinajstić information content (AvgIpc) is 2.67. The van der Waals surface area contributed by atoms with E-state index in [0.717, 1.165) is 16.8 Å². The Kier molecular flexibility index (Phi) is 5.71. The van der Waals surface area contributed by atoms with Crippen LogP contribution in [0.1, 0.15) is 27.0 Å². The van der Waals surface area contributed by atoms with Gasteiger partial charge >= 0.3 is 5.97 Å². The molecule has 4 nitrogen and oxygen atoms in total. The molecule has 0 aliphatic rings. The van der Waals surface area contributed by atoms with E-state index in [1.165, 1.54) is 6.07 Å². The van der Waals surface area contributed by atoms with Crippen molar-refractivity contribution >= 4 is 11.7 Å². The first-order chi connectivity index (χ1) is 13.0. The Hall–Kier alpha value is -3.34. The number of nitrogens with one attached hydrogen (secondary N) is 1. The number of carbonyl (C=O) groups is 1. The molecule has 0 aliphatic carbocycles. The standard InChI is InChI=1S/C22H20FNO3/c1-15-9-10-17(22(25)26)12-21(15)24-13-16-5-4-7-19(11-16)27-14-18-6-2-3-8-20(18)23/h2-12,24H,13-14H2,1H3,(H,25,26). The molecule has 138 valence electrons. The molecular formula is C22H20FNO3. The van der Waals surface area contributed by atoms with Crippen LogP contribution in [0.2, 0.25) is 0 Å². The van der Waals surface area contributed by atoms with Gasteiger partial charge in [-0.1, -0.05) is 36.4 Å². The van der Waals surface area contributed by atoms with Crippen LogP contribution in [0.25, 0.3) is 0 Å². The zero-order valence-corrected chi connectivity index (χ0v) is 14.9. The fourth-order valence-corrected chi connectivity index (χ4v) is 2.66. The second-order valence-corrected chi connectivity index (χ2v) is 6.22. The summed E-state index contributed by atoms with van der Waals surface area (Å²) in [4.78, 5) is 11.1. The number of benzene rings is 3. The summed E-state index contributed by atoms with van der Waals surface area (Å²) < 4.78 is 19.4. The zero-order chi connectivity index (χ0) is 19.2. The van der Waals surface area contributed by atoms with Crippen molar-refractivity contribution in [2.24, 2.45) is 0 Å². The molecular weight excluding hydrogens is 345 g/mol. The highest BCUT2D eigenvalue weighted by Gasteiger charge is 2.07. The van der Waals surface area contributed by atoms with Crippen molar-refractivity contribution in [3.05, 3.63) is 94.8 Å². The van der Waals surface area contributed by atoms with Crippen molar-refractivity contribution in [2.45, 2.75) is 20.1 Å². The smallest absolute Gasteiger partial charge is 0.335 e. The third-order valence-electron chi connectivity index (χ3n) is 4.22. The molecule has 0 saturated carbocycles. The molecule has 0 radical (unpaired) electrons. The van der Waals surface area contributed by atoms with E-state index in [1.807, 2.05) is 31.2 Å². The lowest BCUT2D eigenvalue weighted by Gasteiger charge is -2.12. The van der Waals surface area contributed by atoms with Gasteiger partial charge in [-0.25, -0.2) is 9.18 Å². The van der Waals surface area contributed by atoms with Crippen LogP contribution in [-0.2, 0) is 13.2 Å². The van der Waals surface area contributed by atoms with Gasteiger partial charge in [-0.3, -0.25) is 0 Å². The van der Waals surface area contributed by atoms with E-state index in [4.69, 9.17) is 9.84 Å². The van der Waals surface area contributed by atoms with Crippen molar-refractivity contribution in [2.75, 3.05) is 5.32 Å². The molecule has 0 amide bonds. The highest BCUT2D eigenvalue weighted by Crippen LogP contribution is 2.20. The molecule has 0 atom stereocenters. The SMILES string of the molecule is Cc1ccc(C(=O)O)cc1NCc1cccc(OCc2ccccc2F)c1. The molecule has 5 heteroatoms. The molecule has 0 saturated heterocycles. The summed E-state index contributed by atoms with van der Waals surface area (Å²) in [7, 11) is 0. The summed E-state index contributed by atoms with van der Waals surface area (Å²) in [6.07, 6.45) is 0. The molecule has 0 bridgehead atoms. The van der Waals surface area contributed by atoms with Crippen LogP contribution >= 0.6 is 0 Å². The Bertz CT molecular complexity index is 956. The Morgan fingerprint density at radius 2 is 1.89 bits per heavy atom. The van der Waals surface area contributed by atoms with Crippen molar-refractivity contribution in [1.29, 1.82) is 0 Å². The normalized spacial score (nSPS) is 10.4. The lowest BCUT2D eigenvalue weighted by atomic mass is 10.1. The fraction of sp³-hybridized carbons (Fsp3) is 0.136. The first-order valence-electron chi connectivity index (χ1n) is 8.56. The summed E-state index contributed by atoms with van der Waals surface area (Å²) in [5.41, 5.74) is 3.45. The number of aromatic carboxylic acids is 1. The van der Waals surface area contributed by atoms with Crippen molar-refractivity contribution < 1.29 is 19.0 Å². The van der Waals surface area contributed by atoms with Crippen molar-refractivity contribution in [3.63, 3.8) is 0 Å². The van der Waals surface area contributed by atoms with Crippen LogP contribution in [0.4, 0.5) is 10.1 Å². The van der Waals surface area contributed by atoms with Crippen LogP contribution in [0.3, 0.4) is 0 Å². The topological polar surface area (TPSA) is 58.6 Å². The first-order valence-corrected chi connectivity index (χ1v) is 8.56. The molecule has 0 spiro atoms. The molecule has 3 rings (SSSR count). The molecule has 0 aromatic heterocycles. The molecule has 3 aromatic carbocycles. The molecule has 0 aliphatic heterocycles.